The van der Waals surface area contributed by atoms with Crippen molar-refractivity contribution in [3.63, 3.8) is 0 Å². The highest BCUT2D eigenvalue weighted by molar-refractivity contribution is 7.91. The fraction of sp³-hybridized carbons (Fsp3) is 0.292. The lowest BCUT2D eigenvalue weighted by Gasteiger charge is -2.28. The number of amides is 1. The number of carbonyl (C=O) groups is 1. The fourth-order valence-corrected chi connectivity index (χ4v) is 8.52. The first-order chi connectivity index (χ1) is 16.8. The molecule has 0 N–H and O–H groups in total. The highest BCUT2D eigenvalue weighted by atomic mass is 35.5. The number of rotatable bonds is 6. The van der Waals surface area contributed by atoms with Crippen LogP contribution in [0.25, 0.3) is 10.2 Å². The molecular formula is C24H23ClN4O3S3. The van der Waals surface area contributed by atoms with E-state index < -0.39 is 16.1 Å². The highest BCUT2D eigenvalue weighted by Crippen LogP contribution is 2.36. The zero-order valence-corrected chi connectivity index (χ0v) is 22.3. The summed E-state index contributed by atoms with van der Waals surface area (Å²) in [7, 11) is -3.85. The maximum Gasteiger partial charge on any atom is 0.253 e. The molecule has 1 fully saturated rings. The van der Waals surface area contributed by atoms with Crippen LogP contribution in [0.1, 0.15) is 29.7 Å². The number of aromatic nitrogens is 2. The highest BCUT2D eigenvalue weighted by Gasteiger charge is 2.42. The number of sulfonamides is 1. The molecular weight excluding hydrogens is 524 g/mol. The lowest BCUT2D eigenvalue weighted by atomic mass is 10.1. The van der Waals surface area contributed by atoms with E-state index in [1.54, 1.807) is 17.2 Å². The number of halogens is 1. The van der Waals surface area contributed by atoms with Crippen LogP contribution in [0.3, 0.4) is 0 Å². The van der Waals surface area contributed by atoms with Crippen LogP contribution in [0.5, 0.6) is 0 Å². The van der Waals surface area contributed by atoms with Crippen molar-refractivity contribution >= 4 is 65.6 Å². The van der Waals surface area contributed by atoms with Crippen LogP contribution in [0, 0.1) is 13.8 Å². The average Bonchev–Trinajstić information content (AvgIpc) is 3.60. The summed E-state index contributed by atoms with van der Waals surface area (Å²) in [6, 6.07) is 11.8. The van der Waals surface area contributed by atoms with Gasteiger partial charge in [0.05, 0.1) is 26.8 Å². The number of benzene rings is 1. The van der Waals surface area contributed by atoms with Gasteiger partial charge in [-0.3, -0.25) is 14.7 Å². The van der Waals surface area contributed by atoms with Gasteiger partial charge in [-0.2, -0.15) is 4.31 Å². The number of hydrogen-bond donors (Lipinski definition) is 0. The second kappa shape index (κ2) is 9.59. The Balaban J connectivity index is 1.54. The second-order valence-corrected chi connectivity index (χ2v) is 13.3. The number of thiophene rings is 1. The van der Waals surface area contributed by atoms with Gasteiger partial charge in [0.15, 0.2) is 5.13 Å². The van der Waals surface area contributed by atoms with Crippen LogP contribution < -0.4 is 4.90 Å². The molecule has 35 heavy (non-hydrogen) atoms. The Hall–Kier alpha value is -2.37. The molecule has 3 aromatic heterocycles. The quantitative estimate of drug-likeness (QED) is 0.323. The molecule has 1 atom stereocenters. The van der Waals surface area contributed by atoms with Gasteiger partial charge in [-0.1, -0.05) is 35.1 Å². The third-order valence-corrected chi connectivity index (χ3v) is 10.9. The molecule has 7 nitrogen and oxygen atoms in total. The molecule has 1 unspecified atom stereocenters. The predicted octanol–water partition coefficient (Wildman–Crippen LogP) is 5.41. The largest absolute Gasteiger partial charge is 0.281 e. The number of carbonyl (C=O) groups excluding carboxylic acids is 1. The molecule has 182 valence electrons. The van der Waals surface area contributed by atoms with Crippen molar-refractivity contribution in [1.82, 2.24) is 14.3 Å². The summed E-state index contributed by atoms with van der Waals surface area (Å²) in [6.45, 7) is 4.53. The summed E-state index contributed by atoms with van der Waals surface area (Å²) in [5.41, 5.74) is 3.74. The van der Waals surface area contributed by atoms with Crippen molar-refractivity contribution in [1.29, 1.82) is 0 Å². The minimum atomic E-state index is -3.85. The number of hydrogen-bond acceptors (Lipinski definition) is 7. The first-order valence-corrected chi connectivity index (χ1v) is 14.6. The van der Waals surface area contributed by atoms with Crippen LogP contribution in [0.4, 0.5) is 5.13 Å². The lowest BCUT2D eigenvalue weighted by molar-refractivity contribution is -0.121. The normalized spacial score (nSPS) is 16.7. The molecule has 5 rings (SSSR count). The van der Waals surface area contributed by atoms with E-state index in [9.17, 15) is 13.2 Å². The second-order valence-electron chi connectivity index (χ2n) is 8.43. The van der Waals surface area contributed by atoms with Crippen LogP contribution in [-0.4, -0.2) is 41.2 Å². The van der Waals surface area contributed by atoms with Gasteiger partial charge in [-0.25, -0.2) is 13.4 Å². The monoisotopic (exact) mass is 546 g/mol. The number of aryl methyl sites for hydroxylation is 2. The zero-order chi connectivity index (χ0) is 24.7. The minimum Gasteiger partial charge on any atom is -0.281 e. The number of pyridine rings is 1. The third kappa shape index (κ3) is 4.61. The first kappa shape index (κ1) is 24.3. The Kier molecular flexibility index (Phi) is 6.67. The fourth-order valence-electron chi connectivity index (χ4n) is 4.23. The first-order valence-electron chi connectivity index (χ1n) is 11.1. The zero-order valence-electron chi connectivity index (χ0n) is 19.1. The van der Waals surface area contributed by atoms with Gasteiger partial charge >= 0.3 is 0 Å². The van der Waals surface area contributed by atoms with Crippen LogP contribution in [0.15, 0.2) is 52.9 Å². The van der Waals surface area contributed by atoms with E-state index in [1.807, 2.05) is 44.2 Å². The van der Waals surface area contributed by atoms with Gasteiger partial charge in [-0.15, -0.1) is 11.3 Å². The number of fused-ring (bicyclic) bond motifs is 1. The summed E-state index contributed by atoms with van der Waals surface area (Å²) < 4.78 is 29.6. The maximum absolute atomic E-state index is 14.0. The molecule has 0 spiro atoms. The third-order valence-electron chi connectivity index (χ3n) is 6.22. The Morgan fingerprint density at radius 3 is 2.71 bits per heavy atom. The van der Waals surface area contributed by atoms with Crippen LogP contribution in [0.2, 0.25) is 4.34 Å². The van der Waals surface area contributed by atoms with Crippen molar-refractivity contribution < 1.29 is 13.2 Å². The van der Waals surface area contributed by atoms with Crippen molar-refractivity contribution in [2.75, 3.05) is 11.4 Å². The number of anilines is 1. The van der Waals surface area contributed by atoms with Crippen molar-refractivity contribution in [3.8, 4) is 0 Å². The van der Waals surface area contributed by atoms with Crippen LogP contribution >= 0.6 is 34.3 Å². The molecule has 1 saturated heterocycles. The Morgan fingerprint density at radius 2 is 2.00 bits per heavy atom. The maximum atomic E-state index is 14.0. The molecule has 0 aliphatic carbocycles. The molecule has 1 amide bonds. The van der Waals surface area contributed by atoms with Gasteiger partial charge in [0.25, 0.3) is 10.0 Å². The van der Waals surface area contributed by atoms with Crippen molar-refractivity contribution in [2.45, 2.75) is 43.5 Å². The van der Waals surface area contributed by atoms with Gasteiger partial charge in [0.1, 0.15) is 10.3 Å². The Labute approximate surface area is 217 Å². The summed E-state index contributed by atoms with van der Waals surface area (Å²) in [5, 5.41) is 0.535. The van der Waals surface area contributed by atoms with E-state index in [0.29, 0.717) is 28.0 Å². The Bertz CT molecular complexity index is 1500. The van der Waals surface area contributed by atoms with E-state index >= 15 is 0 Å². The van der Waals surface area contributed by atoms with E-state index in [-0.39, 0.29) is 23.2 Å². The van der Waals surface area contributed by atoms with E-state index in [2.05, 4.69) is 4.98 Å². The van der Waals surface area contributed by atoms with E-state index in [1.165, 1.54) is 21.7 Å². The molecule has 11 heteroatoms. The average molecular weight is 547 g/mol. The van der Waals surface area contributed by atoms with Crippen LogP contribution in [-0.2, 0) is 21.4 Å². The topological polar surface area (TPSA) is 83.5 Å². The molecule has 0 saturated carbocycles. The predicted molar refractivity (Wildman–Crippen MR) is 141 cm³/mol. The van der Waals surface area contributed by atoms with Gasteiger partial charge in [0, 0.05) is 12.7 Å². The lowest BCUT2D eigenvalue weighted by Crippen LogP contribution is -2.47. The number of nitrogens with zero attached hydrogens (tertiary/aromatic N) is 4. The standard InChI is InChI=1S/C24H23ClN4O3S3/c1-15-8-9-19-22(16(15)2)27-24(33-19)28(14-17-6-3-4-12-26-17)23(30)18-7-5-13-29(18)35(31,32)21-11-10-20(25)34-21/h3-4,6,8-12,18H,5,7,13-14H2,1-2H3. The molecule has 1 aliphatic heterocycles. The molecule has 4 aromatic rings. The Morgan fingerprint density at radius 1 is 1.17 bits per heavy atom. The minimum absolute atomic E-state index is 0.143. The molecule has 0 bridgehead atoms. The summed E-state index contributed by atoms with van der Waals surface area (Å²) >= 11 is 8.43. The van der Waals surface area contributed by atoms with Gasteiger partial charge < -0.3 is 0 Å². The van der Waals surface area contributed by atoms with Crippen molar-refractivity contribution in [2.24, 2.45) is 0 Å². The van der Waals surface area contributed by atoms with E-state index in [4.69, 9.17) is 16.6 Å². The van der Waals surface area contributed by atoms with Crippen molar-refractivity contribution in [3.05, 3.63) is 69.8 Å². The molecule has 0 radical (unpaired) electrons. The molecule has 4 heterocycles. The van der Waals surface area contributed by atoms with E-state index in [0.717, 1.165) is 32.7 Å². The molecule has 1 aliphatic rings. The summed E-state index contributed by atoms with van der Waals surface area (Å²) in [5.74, 6) is -0.298. The number of thiazole rings is 1. The summed E-state index contributed by atoms with van der Waals surface area (Å²) in [6.07, 6.45) is 2.72. The van der Waals surface area contributed by atoms with Gasteiger partial charge in [0.2, 0.25) is 5.91 Å². The summed E-state index contributed by atoms with van der Waals surface area (Å²) in [4.78, 5) is 24.8. The molecule has 1 aromatic carbocycles. The SMILES string of the molecule is Cc1ccc2sc(N(Cc3ccccn3)C(=O)C3CCCN3S(=O)(=O)c3ccc(Cl)s3)nc2c1C. The smallest absolute Gasteiger partial charge is 0.253 e. The van der Waals surface area contributed by atoms with Gasteiger partial charge in [-0.05, 0) is 68.1 Å².